The minimum absolute atomic E-state index is 0.00708. The van der Waals surface area contributed by atoms with Crippen LogP contribution in [0.15, 0.2) is 58.3 Å². The number of sulfonamides is 1. The van der Waals surface area contributed by atoms with E-state index in [0.29, 0.717) is 5.57 Å². The van der Waals surface area contributed by atoms with Crippen molar-refractivity contribution in [1.82, 2.24) is 4.90 Å². The average Bonchev–Trinajstić information content (AvgIpc) is 2.53. The molecule has 0 amide bonds. The summed E-state index contributed by atoms with van der Waals surface area (Å²) in [6.07, 6.45) is 3.24. The molecule has 0 aromatic heterocycles. The molecule has 1 unspecified atom stereocenters. The van der Waals surface area contributed by atoms with Gasteiger partial charge in [-0.25, -0.2) is 18.4 Å². The van der Waals surface area contributed by atoms with Gasteiger partial charge in [-0.3, -0.25) is 0 Å². The fourth-order valence-corrected chi connectivity index (χ4v) is 3.80. The molecular weight excluding hydrogens is 354 g/mol. The standard InChI is InChI=1S/C18H23N3O4S/c1-11-5-7-12(8-6-11)15-13(10-21(2)3)9-14(18(22)25-4)17(16(15)19)26(20,23)24/h5-10,15H,19H2,1-4H3,(H2,20,23,24). The third-order valence-electron chi connectivity index (χ3n) is 3.97. The number of allylic oxidation sites excluding steroid dienone is 2. The van der Waals surface area contributed by atoms with Crippen molar-refractivity contribution in [2.45, 2.75) is 12.8 Å². The van der Waals surface area contributed by atoms with Crippen molar-refractivity contribution in [3.63, 3.8) is 0 Å². The summed E-state index contributed by atoms with van der Waals surface area (Å²) in [6.45, 7) is 1.95. The molecule has 8 heteroatoms. The number of methoxy groups -OCH3 is 1. The molecule has 1 aliphatic carbocycles. The molecule has 4 N–H and O–H groups in total. The van der Waals surface area contributed by atoms with Gasteiger partial charge in [-0.15, -0.1) is 0 Å². The van der Waals surface area contributed by atoms with Gasteiger partial charge in [0.1, 0.15) is 4.91 Å². The van der Waals surface area contributed by atoms with Crippen LogP contribution in [0.1, 0.15) is 17.0 Å². The lowest BCUT2D eigenvalue weighted by atomic mass is 9.83. The number of nitrogens with two attached hydrogens (primary N) is 2. The van der Waals surface area contributed by atoms with Gasteiger partial charge in [0.2, 0.25) is 10.0 Å². The summed E-state index contributed by atoms with van der Waals surface area (Å²) in [5, 5.41) is 5.35. The number of primary sulfonamides is 1. The summed E-state index contributed by atoms with van der Waals surface area (Å²) >= 11 is 0. The molecule has 26 heavy (non-hydrogen) atoms. The van der Waals surface area contributed by atoms with Gasteiger partial charge in [-0.05, 0) is 24.1 Å². The van der Waals surface area contributed by atoms with Gasteiger partial charge in [0.15, 0.2) is 0 Å². The van der Waals surface area contributed by atoms with E-state index < -0.39 is 26.8 Å². The van der Waals surface area contributed by atoms with Crippen LogP contribution in [0.4, 0.5) is 0 Å². The van der Waals surface area contributed by atoms with Crippen LogP contribution in [0.3, 0.4) is 0 Å². The molecule has 0 spiro atoms. The Kier molecular flexibility index (Phi) is 5.58. The molecule has 0 saturated heterocycles. The van der Waals surface area contributed by atoms with E-state index in [4.69, 9.17) is 15.6 Å². The average molecular weight is 377 g/mol. The second-order valence-corrected chi connectivity index (χ2v) is 7.81. The van der Waals surface area contributed by atoms with Crippen LogP contribution < -0.4 is 10.9 Å². The van der Waals surface area contributed by atoms with Crippen molar-refractivity contribution >= 4 is 16.0 Å². The fourth-order valence-electron chi connectivity index (χ4n) is 2.90. The first-order valence-corrected chi connectivity index (χ1v) is 9.38. The zero-order valence-electron chi connectivity index (χ0n) is 15.2. The van der Waals surface area contributed by atoms with Gasteiger partial charge in [-0.1, -0.05) is 29.8 Å². The lowest BCUT2D eigenvalue weighted by molar-refractivity contribution is -0.135. The molecule has 140 valence electrons. The van der Waals surface area contributed by atoms with Crippen LogP contribution in [-0.4, -0.2) is 40.5 Å². The largest absolute Gasteiger partial charge is 0.465 e. The number of carbonyl (C=O) groups is 1. The Morgan fingerprint density at radius 1 is 1.23 bits per heavy atom. The molecule has 1 aromatic carbocycles. The van der Waals surface area contributed by atoms with Crippen molar-refractivity contribution in [3.05, 3.63) is 69.4 Å². The monoisotopic (exact) mass is 377 g/mol. The number of hydrogen-bond acceptors (Lipinski definition) is 6. The smallest absolute Gasteiger partial charge is 0.339 e. The van der Waals surface area contributed by atoms with E-state index in [0.717, 1.165) is 11.1 Å². The predicted molar refractivity (Wildman–Crippen MR) is 100 cm³/mol. The Morgan fingerprint density at radius 2 is 1.81 bits per heavy atom. The highest BCUT2D eigenvalue weighted by Gasteiger charge is 2.36. The minimum atomic E-state index is -4.24. The molecule has 2 rings (SSSR count). The Hall–Kier alpha value is -2.58. The summed E-state index contributed by atoms with van der Waals surface area (Å²) in [6, 6.07) is 7.56. The molecule has 1 aromatic rings. The van der Waals surface area contributed by atoms with Crippen molar-refractivity contribution in [2.75, 3.05) is 21.2 Å². The lowest BCUT2D eigenvalue weighted by Gasteiger charge is -2.28. The van der Waals surface area contributed by atoms with Gasteiger partial charge < -0.3 is 15.4 Å². The second kappa shape index (κ2) is 7.35. The zero-order valence-corrected chi connectivity index (χ0v) is 16.0. The molecule has 0 fully saturated rings. The summed E-state index contributed by atoms with van der Waals surface area (Å²) < 4.78 is 29.0. The Labute approximate surface area is 153 Å². The number of hydrogen-bond donors (Lipinski definition) is 2. The first-order chi connectivity index (χ1) is 12.1. The van der Waals surface area contributed by atoms with Crippen LogP contribution in [0.5, 0.6) is 0 Å². The van der Waals surface area contributed by atoms with Crippen molar-refractivity contribution in [3.8, 4) is 0 Å². The minimum Gasteiger partial charge on any atom is -0.465 e. The number of rotatable bonds is 4. The number of aryl methyl sites for hydroxylation is 1. The zero-order chi connectivity index (χ0) is 19.6. The van der Waals surface area contributed by atoms with Gasteiger partial charge in [0.25, 0.3) is 0 Å². The van der Waals surface area contributed by atoms with Gasteiger partial charge >= 0.3 is 5.97 Å². The highest BCUT2D eigenvalue weighted by atomic mass is 32.2. The number of benzene rings is 1. The van der Waals surface area contributed by atoms with Crippen LogP contribution in [0, 0.1) is 6.92 Å². The normalized spacial score (nSPS) is 19.3. The van der Waals surface area contributed by atoms with E-state index in [1.807, 2.05) is 45.3 Å². The highest BCUT2D eigenvalue weighted by molar-refractivity contribution is 7.93. The number of esters is 1. The quantitative estimate of drug-likeness (QED) is 0.759. The summed E-state index contributed by atoms with van der Waals surface area (Å²) in [5.74, 6) is -1.37. The SMILES string of the molecule is COC(=O)C1=CC(=CN(C)C)C(c2ccc(C)cc2)C(N)=C1S(N)(=O)=O. The maximum absolute atomic E-state index is 12.1. The van der Waals surface area contributed by atoms with Crippen molar-refractivity contribution in [2.24, 2.45) is 10.9 Å². The summed E-state index contributed by atoms with van der Waals surface area (Å²) in [4.78, 5) is 13.5. The lowest BCUT2D eigenvalue weighted by Crippen LogP contribution is -2.30. The Morgan fingerprint density at radius 3 is 2.27 bits per heavy atom. The van der Waals surface area contributed by atoms with Gasteiger partial charge in [-0.2, -0.15) is 0 Å². The molecule has 0 saturated carbocycles. The number of ether oxygens (including phenoxy) is 1. The molecule has 7 nitrogen and oxygen atoms in total. The summed E-state index contributed by atoms with van der Waals surface area (Å²) in [7, 11) is 0.571. The van der Waals surface area contributed by atoms with Crippen LogP contribution >= 0.6 is 0 Å². The van der Waals surface area contributed by atoms with E-state index in [9.17, 15) is 13.2 Å². The van der Waals surface area contributed by atoms with E-state index >= 15 is 0 Å². The van der Waals surface area contributed by atoms with E-state index in [-0.39, 0.29) is 11.3 Å². The van der Waals surface area contributed by atoms with Gasteiger partial charge in [0.05, 0.1) is 18.6 Å². The molecule has 0 radical (unpaired) electrons. The maximum Gasteiger partial charge on any atom is 0.339 e. The third kappa shape index (κ3) is 3.97. The van der Waals surface area contributed by atoms with Crippen molar-refractivity contribution in [1.29, 1.82) is 0 Å². The van der Waals surface area contributed by atoms with E-state index in [2.05, 4.69) is 0 Å². The molecule has 0 aliphatic heterocycles. The van der Waals surface area contributed by atoms with E-state index in [1.54, 1.807) is 11.1 Å². The van der Waals surface area contributed by atoms with Crippen LogP contribution in [0.25, 0.3) is 0 Å². The van der Waals surface area contributed by atoms with Crippen LogP contribution in [-0.2, 0) is 19.6 Å². The molecule has 0 bridgehead atoms. The topological polar surface area (TPSA) is 116 Å². The Bertz CT molecular complexity index is 910. The molecular formula is C18H23N3O4S. The molecule has 1 aliphatic rings. The van der Waals surface area contributed by atoms with Crippen molar-refractivity contribution < 1.29 is 17.9 Å². The maximum atomic E-state index is 12.1. The Balaban J connectivity index is 2.80. The first kappa shape index (κ1) is 19.7. The highest BCUT2D eigenvalue weighted by Crippen LogP contribution is 2.40. The number of carbonyl (C=O) groups excluding carboxylic acids is 1. The number of nitrogens with zero attached hydrogens (tertiary/aromatic N) is 1. The predicted octanol–water partition coefficient (Wildman–Crippen LogP) is 1.10. The van der Waals surface area contributed by atoms with Gasteiger partial charge in [0, 0.05) is 26.0 Å². The third-order valence-corrected chi connectivity index (χ3v) is 4.99. The van der Waals surface area contributed by atoms with E-state index in [1.165, 1.54) is 13.2 Å². The second-order valence-electron chi connectivity index (χ2n) is 6.32. The van der Waals surface area contributed by atoms with Crippen LogP contribution in [0.2, 0.25) is 0 Å². The first-order valence-electron chi connectivity index (χ1n) is 7.83. The molecule has 0 heterocycles. The molecule has 1 atom stereocenters. The fraction of sp³-hybridized carbons (Fsp3) is 0.278. The summed E-state index contributed by atoms with van der Waals surface area (Å²) in [5.41, 5.74) is 8.57.